The molecule has 0 bridgehead atoms. The Morgan fingerprint density at radius 3 is 2.50 bits per heavy atom. The second-order valence-electron chi connectivity index (χ2n) is 4.59. The van der Waals surface area contributed by atoms with Crippen LogP contribution in [0.1, 0.15) is 11.9 Å². The van der Waals surface area contributed by atoms with Gasteiger partial charge in [0, 0.05) is 13.7 Å². The number of ether oxygens (including phenoxy) is 2. The fourth-order valence-electron chi connectivity index (χ4n) is 1.92. The standard InChI is InChI=1S/C14H14F3NO5S/c1-21-12(10-6-4-8-22-10)9-18-24(19,20)13-7-3-2-5-11(13)23-14(15,16)17/h2-8,12,18H,9H2,1H3. The first-order valence-electron chi connectivity index (χ1n) is 6.63. The predicted molar refractivity (Wildman–Crippen MR) is 76.8 cm³/mol. The van der Waals surface area contributed by atoms with Crippen LogP contribution < -0.4 is 9.46 Å². The van der Waals surface area contributed by atoms with Crippen LogP contribution in [0.15, 0.2) is 52.0 Å². The van der Waals surface area contributed by atoms with Crippen LogP contribution in [0.25, 0.3) is 0 Å². The van der Waals surface area contributed by atoms with Crippen molar-refractivity contribution in [2.75, 3.05) is 13.7 Å². The number of benzene rings is 1. The van der Waals surface area contributed by atoms with Gasteiger partial charge in [-0.1, -0.05) is 12.1 Å². The molecule has 1 N–H and O–H groups in total. The lowest BCUT2D eigenvalue weighted by atomic mass is 10.3. The van der Waals surface area contributed by atoms with Gasteiger partial charge in [0.15, 0.2) is 0 Å². The molecule has 0 aliphatic rings. The number of halogens is 3. The molecule has 0 amide bonds. The van der Waals surface area contributed by atoms with Gasteiger partial charge in [0.05, 0.1) is 6.26 Å². The molecule has 2 rings (SSSR count). The summed E-state index contributed by atoms with van der Waals surface area (Å²) in [6, 6.07) is 7.64. The van der Waals surface area contributed by atoms with Crippen molar-refractivity contribution in [2.24, 2.45) is 0 Å². The van der Waals surface area contributed by atoms with Crippen LogP contribution in [0.4, 0.5) is 13.2 Å². The third-order valence-electron chi connectivity index (χ3n) is 2.97. The number of nitrogens with one attached hydrogen (secondary N) is 1. The molecule has 1 aromatic heterocycles. The number of methoxy groups -OCH3 is 1. The first-order chi connectivity index (χ1) is 11.2. The number of rotatable bonds is 7. The molecule has 1 heterocycles. The highest BCUT2D eigenvalue weighted by Gasteiger charge is 2.34. The van der Waals surface area contributed by atoms with E-state index in [4.69, 9.17) is 9.15 Å². The molecule has 1 unspecified atom stereocenters. The van der Waals surface area contributed by atoms with Crippen molar-refractivity contribution < 1.29 is 35.5 Å². The minimum Gasteiger partial charge on any atom is -0.467 e. The Morgan fingerprint density at radius 1 is 1.21 bits per heavy atom. The van der Waals surface area contributed by atoms with Crippen LogP contribution in [0.2, 0.25) is 0 Å². The number of hydrogen-bond acceptors (Lipinski definition) is 5. The van der Waals surface area contributed by atoms with Crippen molar-refractivity contribution >= 4 is 10.0 Å². The molecule has 132 valence electrons. The van der Waals surface area contributed by atoms with Crippen molar-refractivity contribution in [2.45, 2.75) is 17.4 Å². The van der Waals surface area contributed by atoms with E-state index in [9.17, 15) is 21.6 Å². The molecule has 0 aliphatic heterocycles. The second kappa shape index (κ2) is 7.24. The van der Waals surface area contributed by atoms with Gasteiger partial charge < -0.3 is 13.9 Å². The topological polar surface area (TPSA) is 77.8 Å². The zero-order chi connectivity index (χ0) is 17.8. The Bertz CT molecular complexity index is 759. The molecule has 24 heavy (non-hydrogen) atoms. The summed E-state index contributed by atoms with van der Waals surface area (Å²) < 4.78 is 77.9. The fourth-order valence-corrected chi connectivity index (χ4v) is 3.08. The van der Waals surface area contributed by atoms with E-state index >= 15 is 0 Å². The van der Waals surface area contributed by atoms with E-state index in [0.29, 0.717) is 5.76 Å². The lowest BCUT2D eigenvalue weighted by molar-refractivity contribution is -0.275. The monoisotopic (exact) mass is 365 g/mol. The maximum atomic E-state index is 12.4. The molecule has 0 spiro atoms. The van der Waals surface area contributed by atoms with Crippen LogP contribution in [0.5, 0.6) is 5.75 Å². The summed E-state index contributed by atoms with van der Waals surface area (Å²) in [5, 5.41) is 0. The lowest BCUT2D eigenvalue weighted by Gasteiger charge is -2.16. The number of hydrogen-bond donors (Lipinski definition) is 1. The van der Waals surface area contributed by atoms with Crippen LogP contribution >= 0.6 is 0 Å². The minimum atomic E-state index is -5.01. The third kappa shape index (κ3) is 4.73. The molecule has 0 saturated carbocycles. The van der Waals surface area contributed by atoms with Crippen LogP contribution in [-0.4, -0.2) is 28.4 Å². The SMILES string of the molecule is COC(CNS(=O)(=O)c1ccccc1OC(F)(F)F)c1ccco1. The van der Waals surface area contributed by atoms with E-state index in [-0.39, 0.29) is 6.54 Å². The van der Waals surface area contributed by atoms with E-state index < -0.39 is 33.1 Å². The number of furan rings is 1. The molecule has 6 nitrogen and oxygen atoms in total. The van der Waals surface area contributed by atoms with E-state index in [1.165, 1.54) is 25.5 Å². The van der Waals surface area contributed by atoms with Crippen molar-refractivity contribution in [1.82, 2.24) is 4.72 Å². The quantitative estimate of drug-likeness (QED) is 0.816. The van der Waals surface area contributed by atoms with Gasteiger partial charge in [-0.25, -0.2) is 13.1 Å². The summed E-state index contributed by atoms with van der Waals surface area (Å²) in [5.74, 6) is -0.440. The van der Waals surface area contributed by atoms with Gasteiger partial charge in [-0.3, -0.25) is 0 Å². The Kier molecular flexibility index (Phi) is 5.52. The van der Waals surface area contributed by atoms with Gasteiger partial charge in [-0.05, 0) is 24.3 Å². The summed E-state index contributed by atoms with van der Waals surface area (Å²) in [6.45, 7) is -0.229. The maximum absolute atomic E-state index is 12.4. The molecule has 10 heteroatoms. The third-order valence-corrected chi connectivity index (χ3v) is 4.43. The maximum Gasteiger partial charge on any atom is 0.573 e. The zero-order valence-corrected chi connectivity index (χ0v) is 13.2. The van der Waals surface area contributed by atoms with Crippen molar-refractivity contribution in [1.29, 1.82) is 0 Å². The van der Waals surface area contributed by atoms with Gasteiger partial charge >= 0.3 is 6.36 Å². The van der Waals surface area contributed by atoms with E-state index in [2.05, 4.69) is 9.46 Å². The summed E-state index contributed by atoms with van der Waals surface area (Å²) in [7, 11) is -2.91. The van der Waals surface area contributed by atoms with E-state index in [1.54, 1.807) is 12.1 Å². The summed E-state index contributed by atoms with van der Waals surface area (Å²) in [5.41, 5.74) is 0. The Balaban J connectivity index is 2.19. The van der Waals surface area contributed by atoms with Crippen LogP contribution in [-0.2, 0) is 14.8 Å². The highest BCUT2D eigenvalue weighted by Crippen LogP contribution is 2.29. The van der Waals surface area contributed by atoms with Gasteiger partial charge in [0.1, 0.15) is 22.5 Å². The second-order valence-corrected chi connectivity index (χ2v) is 6.32. The van der Waals surface area contributed by atoms with Crippen LogP contribution in [0.3, 0.4) is 0 Å². The summed E-state index contributed by atoms with van der Waals surface area (Å²) in [6.07, 6.45) is -4.34. The van der Waals surface area contributed by atoms with Crippen molar-refractivity contribution in [3.8, 4) is 5.75 Å². The Morgan fingerprint density at radius 2 is 1.92 bits per heavy atom. The number of alkyl halides is 3. The van der Waals surface area contributed by atoms with Crippen LogP contribution in [0, 0.1) is 0 Å². The van der Waals surface area contributed by atoms with Gasteiger partial charge in [-0.2, -0.15) is 0 Å². The molecule has 1 atom stereocenters. The number of para-hydroxylation sites is 1. The first kappa shape index (κ1) is 18.3. The molecule has 0 fully saturated rings. The summed E-state index contributed by atoms with van der Waals surface area (Å²) >= 11 is 0. The molecule has 1 aromatic carbocycles. The predicted octanol–water partition coefficient (Wildman–Crippen LogP) is 2.84. The molecular formula is C14H14F3NO5S. The van der Waals surface area contributed by atoms with Gasteiger partial charge in [-0.15, -0.1) is 13.2 Å². The molecule has 0 aliphatic carbocycles. The van der Waals surface area contributed by atoms with Gasteiger partial charge in [0.25, 0.3) is 0 Å². The normalized spacial score (nSPS) is 13.7. The highest BCUT2D eigenvalue weighted by molar-refractivity contribution is 7.89. The van der Waals surface area contributed by atoms with E-state index in [0.717, 1.165) is 12.1 Å². The molecule has 0 saturated heterocycles. The zero-order valence-electron chi connectivity index (χ0n) is 12.4. The average Bonchev–Trinajstić information content (AvgIpc) is 3.01. The fraction of sp³-hybridized carbons (Fsp3) is 0.286. The molecular weight excluding hydrogens is 351 g/mol. The average molecular weight is 365 g/mol. The largest absolute Gasteiger partial charge is 0.573 e. The smallest absolute Gasteiger partial charge is 0.467 e. The lowest BCUT2D eigenvalue weighted by Crippen LogP contribution is -2.30. The van der Waals surface area contributed by atoms with E-state index in [1.807, 2.05) is 0 Å². The summed E-state index contributed by atoms with van der Waals surface area (Å²) in [4.78, 5) is -0.628. The van der Waals surface area contributed by atoms with Crippen molar-refractivity contribution in [3.05, 3.63) is 48.4 Å². The van der Waals surface area contributed by atoms with Crippen molar-refractivity contribution in [3.63, 3.8) is 0 Å². The molecule has 2 aromatic rings. The Hall–Kier alpha value is -2.04. The minimum absolute atomic E-state index is 0.229. The highest BCUT2D eigenvalue weighted by atomic mass is 32.2. The van der Waals surface area contributed by atoms with Gasteiger partial charge in [0.2, 0.25) is 10.0 Å². The molecule has 0 radical (unpaired) electrons. The Labute approximate surface area is 136 Å². The number of sulfonamides is 1. The first-order valence-corrected chi connectivity index (χ1v) is 8.12.